The number of ether oxygens (including phenoxy) is 2. The first kappa shape index (κ1) is 19.6. The lowest BCUT2D eigenvalue weighted by molar-refractivity contribution is 0.0601. The van der Waals surface area contributed by atoms with Gasteiger partial charge in [-0.2, -0.15) is 0 Å². The van der Waals surface area contributed by atoms with Crippen LogP contribution in [0.1, 0.15) is 37.0 Å². The predicted molar refractivity (Wildman–Crippen MR) is 106 cm³/mol. The van der Waals surface area contributed by atoms with Crippen LogP contribution in [-0.4, -0.2) is 41.1 Å². The van der Waals surface area contributed by atoms with Gasteiger partial charge in [-0.15, -0.1) is 0 Å². The summed E-state index contributed by atoms with van der Waals surface area (Å²) in [6, 6.07) is 4.86. The van der Waals surface area contributed by atoms with Crippen LogP contribution in [0, 0.1) is 0 Å². The lowest BCUT2D eigenvalue weighted by Gasteiger charge is -2.16. The van der Waals surface area contributed by atoms with Gasteiger partial charge in [0.25, 0.3) is 5.56 Å². The number of carbonyl (C=O) groups is 1. The molecule has 1 aliphatic heterocycles. The van der Waals surface area contributed by atoms with E-state index in [0.717, 1.165) is 25.2 Å². The lowest BCUT2D eigenvalue weighted by atomic mass is 10.1. The maximum atomic E-state index is 13.1. The van der Waals surface area contributed by atoms with Crippen molar-refractivity contribution in [2.45, 2.75) is 44.5 Å². The first-order chi connectivity index (χ1) is 13.0. The van der Waals surface area contributed by atoms with E-state index in [9.17, 15) is 9.59 Å². The Balaban J connectivity index is 2.05. The summed E-state index contributed by atoms with van der Waals surface area (Å²) < 4.78 is 12.2. The number of thioether (sulfide) groups is 1. The van der Waals surface area contributed by atoms with Crippen molar-refractivity contribution < 1.29 is 14.3 Å². The Bertz CT molecular complexity index is 925. The lowest BCUT2D eigenvalue weighted by Crippen LogP contribution is -2.29. The normalized spacial score (nSPS) is 16.5. The summed E-state index contributed by atoms with van der Waals surface area (Å²) in [7, 11) is 1.33. The fourth-order valence-corrected chi connectivity index (χ4v) is 4.03. The highest BCUT2D eigenvalue weighted by molar-refractivity contribution is 7.99. The van der Waals surface area contributed by atoms with E-state index in [1.165, 1.54) is 24.4 Å². The maximum Gasteiger partial charge on any atom is 0.337 e. The van der Waals surface area contributed by atoms with Crippen LogP contribution < -0.4 is 5.56 Å². The summed E-state index contributed by atoms with van der Waals surface area (Å²) in [5, 5.41) is 1.13. The molecule has 0 aliphatic carbocycles. The molecule has 1 fully saturated rings. The van der Waals surface area contributed by atoms with Gasteiger partial charge in [-0.05, 0) is 44.9 Å². The second-order valence-electron chi connectivity index (χ2n) is 6.76. The summed E-state index contributed by atoms with van der Waals surface area (Å²) in [5.74, 6) is 0.281. The van der Waals surface area contributed by atoms with E-state index in [4.69, 9.17) is 9.47 Å². The quantitative estimate of drug-likeness (QED) is 0.327. The van der Waals surface area contributed by atoms with E-state index in [1.54, 1.807) is 22.8 Å². The second kappa shape index (κ2) is 8.71. The number of allylic oxidation sites excluding steroid dienone is 1. The highest BCUT2D eigenvalue weighted by Crippen LogP contribution is 2.22. The fraction of sp³-hybridized carbons (Fsp3) is 0.450. The molecule has 0 N–H and O–H groups in total. The monoisotopic (exact) mass is 388 g/mol. The molecule has 1 aliphatic rings. The number of carbonyl (C=O) groups excluding carboxylic acids is 1. The van der Waals surface area contributed by atoms with Gasteiger partial charge in [-0.3, -0.25) is 9.36 Å². The Morgan fingerprint density at radius 3 is 2.93 bits per heavy atom. The number of aromatic nitrogens is 2. The van der Waals surface area contributed by atoms with Crippen molar-refractivity contribution in [1.29, 1.82) is 0 Å². The fourth-order valence-electron chi connectivity index (χ4n) is 2.99. The number of hydrogen-bond donors (Lipinski definition) is 0. The minimum Gasteiger partial charge on any atom is -0.465 e. The number of hydrogen-bond acceptors (Lipinski definition) is 6. The smallest absolute Gasteiger partial charge is 0.337 e. The van der Waals surface area contributed by atoms with E-state index >= 15 is 0 Å². The number of esters is 1. The molecule has 0 radical (unpaired) electrons. The van der Waals surface area contributed by atoms with Gasteiger partial charge >= 0.3 is 5.97 Å². The summed E-state index contributed by atoms with van der Waals surface area (Å²) >= 11 is 1.51. The number of methoxy groups -OCH3 is 1. The van der Waals surface area contributed by atoms with Crippen LogP contribution in [0.4, 0.5) is 0 Å². The van der Waals surface area contributed by atoms with Crippen molar-refractivity contribution in [3.63, 3.8) is 0 Å². The van der Waals surface area contributed by atoms with Crippen LogP contribution in [0.25, 0.3) is 10.9 Å². The Morgan fingerprint density at radius 2 is 2.26 bits per heavy atom. The first-order valence-electron chi connectivity index (χ1n) is 9.00. The SMILES string of the molecule is COC(=O)c1ccc2c(=O)n(C[C@@H]3CCCO3)c(SCC=C(C)C)nc2c1. The second-order valence-corrected chi connectivity index (χ2v) is 7.75. The van der Waals surface area contributed by atoms with E-state index in [1.807, 2.05) is 13.8 Å². The zero-order valence-electron chi connectivity index (χ0n) is 15.9. The maximum absolute atomic E-state index is 13.1. The van der Waals surface area contributed by atoms with Crippen LogP contribution in [0.5, 0.6) is 0 Å². The van der Waals surface area contributed by atoms with Crippen molar-refractivity contribution in [1.82, 2.24) is 9.55 Å². The van der Waals surface area contributed by atoms with Gasteiger partial charge < -0.3 is 9.47 Å². The van der Waals surface area contributed by atoms with Crippen molar-refractivity contribution >= 4 is 28.6 Å². The molecule has 0 spiro atoms. The van der Waals surface area contributed by atoms with Gasteiger partial charge in [0.1, 0.15) is 0 Å². The molecule has 27 heavy (non-hydrogen) atoms. The van der Waals surface area contributed by atoms with Crippen molar-refractivity contribution in [3.05, 3.63) is 45.8 Å². The highest BCUT2D eigenvalue weighted by atomic mass is 32.2. The predicted octanol–water partition coefficient (Wildman–Crippen LogP) is 3.42. The molecule has 1 saturated heterocycles. The van der Waals surface area contributed by atoms with Gasteiger partial charge in [0.15, 0.2) is 5.16 Å². The van der Waals surface area contributed by atoms with Crippen molar-refractivity contribution in [3.8, 4) is 0 Å². The third kappa shape index (κ3) is 4.59. The Hall–Kier alpha value is -2.12. The van der Waals surface area contributed by atoms with Gasteiger partial charge in [0, 0.05) is 12.4 Å². The molecule has 1 aromatic heterocycles. The number of nitrogens with zero attached hydrogens (tertiary/aromatic N) is 2. The van der Waals surface area contributed by atoms with E-state index < -0.39 is 5.97 Å². The van der Waals surface area contributed by atoms with Crippen LogP contribution in [0.3, 0.4) is 0 Å². The molecule has 2 heterocycles. The molecule has 0 amide bonds. The van der Waals surface area contributed by atoms with E-state index in [2.05, 4.69) is 11.1 Å². The molecule has 0 unspecified atom stereocenters. The molecule has 2 aromatic rings. The summed E-state index contributed by atoms with van der Waals surface area (Å²) in [6.45, 7) is 5.31. The highest BCUT2D eigenvalue weighted by Gasteiger charge is 2.20. The standard InChI is InChI=1S/C20H24N2O4S/c1-13(2)8-10-27-20-21-17-11-14(19(24)25-3)6-7-16(17)18(23)22(20)12-15-5-4-9-26-15/h6-8,11,15H,4-5,9-10,12H2,1-3H3/t15-/m0/s1. The van der Waals surface area contributed by atoms with Crippen molar-refractivity contribution in [2.24, 2.45) is 0 Å². The molecule has 1 atom stereocenters. The molecule has 3 rings (SSSR count). The molecular formula is C20H24N2O4S. The van der Waals surface area contributed by atoms with E-state index in [-0.39, 0.29) is 11.7 Å². The Labute approximate surface area is 162 Å². The average Bonchev–Trinajstić information content (AvgIpc) is 3.16. The largest absolute Gasteiger partial charge is 0.465 e. The summed E-state index contributed by atoms with van der Waals surface area (Å²) in [4.78, 5) is 29.6. The third-order valence-electron chi connectivity index (χ3n) is 4.46. The third-order valence-corrected chi connectivity index (χ3v) is 5.36. The molecule has 0 bridgehead atoms. The first-order valence-corrected chi connectivity index (χ1v) is 9.99. The molecule has 144 valence electrons. The van der Waals surface area contributed by atoms with Crippen molar-refractivity contribution in [2.75, 3.05) is 19.5 Å². The topological polar surface area (TPSA) is 70.4 Å². The van der Waals surface area contributed by atoms with Gasteiger partial charge in [0.2, 0.25) is 0 Å². The van der Waals surface area contributed by atoms with Gasteiger partial charge in [-0.1, -0.05) is 23.4 Å². The van der Waals surface area contributed by atoms with Gasteiger partial charge in [-0.25, -0.2) is 9.78 Å². The molecule has 7 heteroatoms. The van der Waals surface area contributed by atoms with Crippen LogP contribution in [0.2, 0.25) is 0 Å². The molecular weight excluding hydrogens is 364 g/mol. The zero-order valence-corrected chi connectivity index (χ0v) is 16.7. The Morgan fingerprint density at radius 1 is 1.44 bits per heavy atom. The van der Waals surface area contributed by atoms with Crippen LogP contribution in [-0.2, 0) is 16.0 Å². The minimum absolute atomic E-state index is 0.0408. The van der Waals surface area contributed by atoms with Crippen LogP contribution >= 0.6 is 11.8 Å². The van der Waals surface area contributed by atoms with Gasteiger partial charge in [0.05, 0.1) is 36.2 Å². The minimum atomic E-state index is -0.444. The average molecular weight is 388 g/mol. The number of fused-ring (bicyclic) bond motifs is 1. The number of rotatable bonds is 6. The Kier molecular flexibility index (Phi) is 6.34. The van der Waals surface area contributed by atoms with E-state index in [0.29, 0.717) is 28.2 Å². The summed E-state index contributed by atoms with van der Waals surface area (Å²) in [6.07, 6.45) is 4.11. The number of benzene rings is 1. The molecule has 1 aromatic carbocycles. The molecule has 0 saturated carbocycles. The van der Waals surface area contributed by atoms with Crippen LogP contribution in [0.15, 0.2) is 39.8 Å². The summed E-state index contributed by atoms with van der Waals surface area (Å²) in [5.41, 5.74) is 2.00. The molecule has 6 nitrogen and oxygen atoms in total. The zero-order chi connectivity index (χ0) is 19.4.